The number of carbonyl (C=O) groups excluding carboxylic acids is 1. The molecule has 0 bridgehead atoms. The minimum absolute atomic E-state index is 0.0984. The minimum Gasteiger partial charge on any atom is -0.497 e. The Morgan fingerprint density at radius 3 is 2.15 bits per heavy atom. The van der Waals surface area contributed by atoms with Crippen LogP contribution in [0, 0.1) is 5.82 Å². The smallest absolute Gasteiger partial charge is 0.252 e. The molecule has 1 N–H and O–H groups in total. The van der Waals surface area contributed by atoms with Crippen LogP contribution in [0.4, 0.5) is 4.39 Å². The second kappa shape index (κ2) is 8.36. The van der Waals surface area contributed by atoms with Crippen molar-refractivity contribution in [2.75, 3.05) is 14.2 Å². The van der Waals surface area contributed by atoms with Crippen LogP contribution in [0.3, 0.4) is 0 Å². The van der Waals surface area contributed by atoms with Gasteiger partial charge in [0.05, 0.1) is 20.3 Å². The Labute approximate surface area is 157 Å². The summed E-state index contributed by atoms with van der Waals surface area (Å²) in [6.45, 7) is 0. The molecule has 138 valence electrons. The van der Waals surface area contributed by atoms with Gasteiger partial charge in [-0.15, -0.1) is 0 Å². The molecular formula is C22H20FNO3. The van der Waals surface area contributed by atoms with E-state index in [1.165, 1.54) is 25.3 Å². The Bertz CT molecular complexity index is 911. The standard InChI is InChI=1S/C22H20FNO3/c1-26-18-11-8-16(9-12-18)21(15-6-4-3-5-7-15)24-22(25)17-10-13-20(27-2)19(23)14-17/h3-14,21H,1-2H3,(H,24,25). The zero-order chi connectivity index (χ0) is 19.2. The van der Waals surface area contributed by atoms with E-state index in [1.807, 2.05) is 54.6 Å². The average molecular weight is 365 g/mol. The number of ether oxygens (including phenoxy) is 2. The third-order valence-electron chi connectivity index (χ3n) is 4.27. The average Bonchev–Trinajstić information content (AvgIpc) is 2.72. The fourth-order valence-electron chi connectivity index (χ4n) is 2.82. The number of nitrogens with one attached hydrogen (secondary N) is 1. The molecule has 27 heavy (non-hydrogen) atoms. The lowest BCUT2D eigenvalue weighted by atomic mass is 9.98. The number of halogens is 1. The van der Waals surface area contributed by atoms with E-state index in [1.54, 1.807) is 7.11 Å². The predicted octanol–water partition coefficient (Wildman–Crippen LogP) is 4.36. The SMILES string of the molecule is COc1ccc(C(NC(=O)c2ccc(OC)c(F)c2)c2ccccc2)cc1. The Morgan fingerprint density at radius 2 is 1.56 bits per heavy atom. The Balaban J connectivity index is 1.91. The Kier molecular flexibility index (Phi) is 5.71. The van der Waals surface area contributed by atoms with E-state index >= 15 is 0 Å². The van der Waals surface area contributed by atoms with Gasteiger partial charge in [-0.1, -0.05) is 42.5 Å². The van der Waals surface area contributed by atoms with E-state index in [2.05, 4.69) is 5.32 Å². The topological polar surface area (TPSA) is 47.6 Å². The molecule has 0 saturated heterocycles. The van der Waals surface area contributed by atoms with Crippen molar-refractivity contribution < 1.29 is 18.7 Å². The summed E-state index contributed by atoms with van der Waals surface area (Å²) in [5.74, 6) is -0.123. The quantitative estimate of drug-likeness (QED) is 0.706. The molecule has 1 unspecified atom stereocenters. The van der Waals surface area contributed by atoms with Crippen molar-refractivity contribution in [1.82, 2.24) is 5.32 Å². The number of rotatable bonds is 6. The lowest BCUT2D eigenvalue weighted by Crippen LogP contribution is -2.29. The molecule has 0 radical (unpaired) electrons. The summed E-state index contributed by atoms with van der Waals surface area (Å²) >= 11 is 0. The summed E-state index contributed by atoms with van der Waals surface area (Å²) in [6, 6.07) is 20.8. The summed E-state index contributed by atoms with van der Waals surface area (Å²) in [4.78, 5) is 12.7. The molecule has 0 aliphatic heterocycles. The summed E-state index contributed by atoms with van der Waals surface area (Å²) in [6.07, 6.45) is 0. The van der Waals surface area contributed by atoms with Crippen LogP contribution in [0.2, 0.25) is 0 Å². The molecule has 1 amide bonds. The van der Waals surface area contributed by atoms with Crippen LogP contribution in [0.1, 0.15) is 27.5 Å². The van der Waals surface area contributed by atoms with Gasteiger partial charge in [-0.2, -0.15) is 0 Å². The lowest BCUT2D eigenvalue weighted by Gasteiger charge is -2.20. The van der Waals surface area contributed by atoms with Gasteiger partial charge in [-0.05, 0) is 41.5 Å². The second-order valence-electron chi connectivity index (χ2n) is 5.94. The van der Waals surface area contributed by atoms with Crippen molar-refractivity contribution in [3.63, 3.8) is 0 Å². The maximum Gasteiger partial charge on any atom is 0.252 e. The van der Waals surface area contributed by atoms with Crippen molar-refractivity contribution in [2.24, 2.45) is 0 Å². The molecular weight excluding hydrogens is 345 g/mol. The van der Waals surface area contributed by atoms with Gasteiger partial charge in [0, 0.05) is 5.56 Å². The number of amides is 1. The highest BCUT2D eigenvalue weighted by Crippen LogP contribution is 2.25. The van der Waals surface area contributed by atoms with E-state index in [-0.39, 0.29) is 23.3 Å². The Morgan fingerprint density at radius 1 is 0.889 bits per heavy atom. The monoisotopic (exact) mass is 365 g/mol. The molecule has 3 rings (SSSR count). The van der Waals surface area contributed by atoms with Gasteiger partial charge >= 0.3 is 0 Å². The number of benzene rings is 3. The van der Waals surface area contributed by atoms with Crippen LogP contribution in [0.25, 0.3) is 0 Å². The second-order valence-corrected chi connectivity index (χ2v) is 5.94. The van der Waals surface area contributed by atoms with Gasteiger partial charge in [-0.3, -0.25) is 4.79 Å². The molecule has 5 heteroatoms. The fourth-order valence-corrected chi connectivity index (χ4v) is 2.82. The molecule has 4 nitrogen and oxygen atoms in total. The molecule has 0 heterocycles. The first-order valence-electron chi connectivity index (χ1n) is 8.45. The number of hydrogen-bond donors (Lipinski definition) is 1. The van der Waals surface area contributed by atoms with Gasteiger partial charge in [0.1, 0.15) is 5.75 Å². The zero-order valence-corrected chi connectivity index (χ0v) is 15.1. The highest BCUT2D eigenvalue weighted by Gasteiger charge is 2.19. The van der Waals surface area contributed by atoms with Crippen LogP contribution in [0.15, 0.2) is 72.8 Å². The van der Waals surface area contributed by atoms with Gasteiger partial charge in [0.2, 0.25) is 0 Å². The van der Waals surface area contributed by atoms with E-state index in [0.717, 1.165) is 16.9 Å². The van der Waals surface area contributed by atoms with Crippen molar-refractivity contribution in [1.29, 1.82) is 0 Å². The van der Waals surface area contributed by atoms with Crippen LogP contribution in [-0.4, -0.2) is 20.1 Å². The highest BCUT2D eigenvalue weighted by atomic mass is 19.1. The summed E-state index contributed by atoms with van der Waals surface area (Å²) in [7, 11) is 2.98. The molecule has 0 aliphatic rings. The first-order chi connectivity index (χ1) is 13.1. The molecule has 0 fully saturated rings. The Hall–Kier alpha value is -3.34. The number of hydrogen-bond acceptors (Lipinski definition) is 3. The third kappa shape index (κ3) is 4.26. The molecule has 0 aromatic heterocycles. The van der Waals surface area contributed by atoms with Gasteiger partial charge in [0.15, 0.2) is 11.6 Å². The summed E-state index contributed by atoms with van der Waals surface area (Å²) in [5.41, 5.74) is 2.04. The molecule has 0 saturated carbocycles. The number of carbonyl (C=O) groups is 1. The van der Waals surface area contributed by atoms with E-state index in [0.29, 0.717) is 0 Å². The van der Waals surface area contributed by atoms with Crippen LogP contribution in [-0.2, 0) is 0 Å². The minimum atomic E-state index is -0.578. The predicted molar refractivity (Wildman–Crippen MR) is 102 cm³/mol. The maximum atomic E-state index is 14.0. The van der Waals surface area contributed by atoms with Crippen LogP contribution < -0.4 is 14.8 Å². The van der Waals surface area contributed by atoms with Crippen LogP contribution >= 0.6 is 0 Å². The lowest BCUT2D eigenvalue weighted by molar-refractivity contribution is 0.0942. The molecule has 3 aromatic carbocycles. The van der Waals surface area contributed by atoms with Gasteiger partial charge in [-0.25, -0.2) is 4.39 Å². The van der Waals surface area contributed by atoms with E-state index in [4.69, 9.17) is 9.47 Å². The first kappa shape index (κ1) is 18.5. The summed E-state index contributed by atoms with van der Waals surface area (Å²) < 4.78 is 24.1. The zero-order valence-electron chi connectivity index (χ0n) is 15.1. The van der Waals surface area contributed by atoms with Crippen LogP contribution in [0.5, 0.6) is 11.5 Å². The third-order valence-corrected chi connectivity index (χ3v) is 4.27. The van der Waals surface area contributed by atoms with Gasteiger partial charge < -0.3 is 14.8 Å². The normalized spacial score (nSPS) is 11.5. The van der Waals surface area contributed by atoms with E-state index in [9.17, 15) is 9.18 Å². The molecule has 0 aliphatic carbocycles. The van der Waals surface area contributed by atoms with Crippen molar-refractivity contribution in [3.05, 3.63) is 95.3 Å². The highest BCUT2D eigenvalue weighted by molar-refractivity contribution is 5.94. The van der Waals surface area contributed by atoms with Gasteiger partial charge in [0.25, 0.3) is 5.91 Å². The van der Waals surface area contributed by atoms with E-state index < -0.39 is 5.82 Å². The first-order valence-corrected chi connectivity index (χ1v) is 8.45. The largest absolute Gasteiger partial charge is 0.497 e. The molecule has 1 atom stereocenters. The maximum absolute atomic E-state index is 14.0. The fraction of sp³-hybridized carbons (Fsp3) is 0.136. The molecule has 3 aromatic rings. The summed E-state index contributed by atoms with van der Waals surface area (Å²) in [5, 5.41) is 2.98. The number of methoxy groups -OCH3 is 2. The van der Waals surface area contributed by atoms with Crippen molar-refractivity contribution in [2.45, 2.75) is 6.04 Å². The van der Waals surface area contributed by atoms with Crippen molar-refractivity contribution >= 4 is 5.91 Å². The van der Waals surface area contributed by atoms with Crippen molar-refractivity contribution in [3.8, 4) is 11.5 Å². The molecule has 0 spiro atoms.